The third-order valence-corrected chi connectivity index (χ3v) is 5.83. The number of guanidine groups is 1. The largest absolute Gasteiger partial charge is 0.357 e. The highest BCUT2D eigenvalue weighted by Gasteiger charge is 2.17. The first-order valence-corrected chi connectivity index (χ1v) is 11.0. The number of nitrogens with one attached hydrogen (secondary N) is 1. The highest BCUT2D eigenvalue weighted by molar-refractivity contribution is 5.79. The van der Waals surface area contributed by atoms with Crippen molar-refractivity contribution in [2.24, 2.45) is 18.0 Å². The van der Waals surface area contributed by atoms with Crippen molar-refractivity contribution in [2.45, 2.75) is 52.6 Å². The lowest BCUT2D eigenvalue weighted by Gasteiger charge is -2.31. The molecule has 0 aromatic carbocycles. The van der Waals surface area contributed by atoms with Gasteiger partial charge in [-0.1, -0.05) is 26.8 Å². The van der Waals surface area contributed by atoms with Crippen LogP contribution in [0.1, 0.15) is 56.4 Å². The lowest BCUT2D eigenvalue weighted by atomic mass is 9.99. The topological polar surface area (TPSA) is 61.6 Å². The van der Waals surface area contributed by atoms with Crippen molar-refractivity contribution in [2.75, 3.05) is 32.1 Å². The van der Waals surface area contributed by atoms with Gasteiger partial charge >= 0.3 is 0 Å². The molecule has 1 N–H and O–H groups in total. The fourth-order valence-corrected chi connectivity index (χ4v) is 4.01. The second kappa shape index (κ2) is 9.96. The van der Waals surface area contributed by atoms with Crippen LogP contribution in [0.15, 0.2) is 29.5 Å². The van der Waals surface area contributed by atoms with Crippen molar-refractivity contribution in [1.82, 2.24) is 25.0 Å². The van der Waals surface area contributed by atoms with Crippen LogP contribution in [-0.4, -0.2) is 52.8 Å². The number of rotatable bonds is 6. The van der Waals surface area contributed by atoms with E-state index in [2.05, 4.69) is 71.4 Å². The van der Waals surface area contributed by atoms with E-state index in [-0.39, 0.29) is 0 Å². The highest BCUT2D eigenvalue weighted by atomic mass is 15.3. The van der Waals surface area contributed by atoms with Gasteiger partial charge in [-0.05, 0) is 36.3 Å². The van der Waals surface area contributed by atoms with Crippen LogP contribution in [-0.2, 0) is 20.1 Å². The van der Waals surface area contributed by atoms with E-state index in [0.717, 1.165) is 48.6 Å². The maximum atomic E-state index is 4.70. The molecule has 1 fully saturated rings. The van der Waals surface area contributed by atoms with E-state index >= 15 is 0 Å². The van der Waals surface area contributed by atoms with Crippen LogP contribution in [0.3, 0.4) is 0 Å². The standard InChI is InChI=1S/C23H37N7/c1-17(2)22-20(16-29(6)27-22)15-28(5)23(24-4)26-14-19-7-8-21(25-13-19)30-11-9-18(3)10-12-30/h7-8,13,16-18H,9-12,14-15H2,1-6H3,(H,24,26). The minimum Gasteiger partial charge on any atom is -0.357 e. The molecule has 0 atom stereocenters. The second-order valence-electron chi connectivity index (χ2n) is 8.82. The summed E-state index contributed by atoms with van der Waals surface area (Å²) in [6.45, 7) is 10.4. The summed E-state index contributed by atoms with van der Waals surface area (Å²) in [5.74, 6) is 3.18. The molecule has 0 spiro atoms. The number of aliphatic imine (C=N–C) groups is 1. The number of anilines is 1. The summed E-state index contributed by atoms with van der Waals surface area (Å²) in [7, 11) is 5.86. The number of hydrogen-bond acceptors (Lipinski definition) is 4. The smallest absolute Gasteiger partial charge is 0.193 e. The van der Waals surface area contributed by atoms with Crippen molar-refractivity contribution in [3.63, 3.8) is 0 Å². The summed E-state index contributed by atoms with van der Waals surface area (Å²) < 4.78 is 1.89. The van der Waals surface area contributed by atoms with Gasteiger partial charge in [-0.15, -0.1) is 0 Å². The zero-order valence-corrected chi connectivity index (χ0v) is 19.4. The van der Waals surface area contributed by atoms with E-state index in [1.165, 1.54) is 18.4 Å². The van der Waals surface area contributed by atoms with Crippen LogP contribution in [0.5, 0.6) is 0 Å². The zero-order chi connectivity index (χ0) is 21.7. The Morgan fingerprint density at radius 3 is 2.63 bits per heavy atom. The summed E-state index contributed by atoms with van der Waals surface area (Å²) in [5.41, 5.74) is 3.54. The molecule has 2 aromatic rings. The Bertz CT molecular complexity index is 830. The summed E-state index contributed by atoms with van der Waals surface area (Å²) in [5, 5.41) is 8.07. The molecule has 3 heterocycles. The SMILES string of the molecule is CN=C(NCc1ccc(N2CCC(C)CC2)nc1)N(C)Cc1cn(C)nc1C(C)C. The van der Waals surface area contributed by atoms with Crippen molar-refractivity contribution < 1.29 is 0 Å². The van der Waals surface area contributed by atoms with E-state index in [9.17, 15) is 0 Å². The van der Waals surface area contributed by atoms with E-state index < -0.39 is 0 Å². The fraction of sp³-hybridized carbons (Fsp3) is 0.609. The molecule has 1 aliphatic heterocycles. The van der Waals surface area contributed by atoms with Gasteiger partial charge in [0.2, 0.25) is 0 Å². The van der Waals surface area contributed by atoms with Crippen LogP contribution < -0.4 is 10.2 Å². The number of nitrogens with zero attached hydrogens (tertiary/aromatic N) is 6. The van der Waals surface area contributed by atoms with Gasteiger partial charge in [0.05, 0.1) is 5.69 Å². The average molecular weight is 412 g/mol. The van der Waals surface area contributed by atoms with Gasteiger partial charge in [0.25, 0.3) is 0 Å². The molecule has 1 saturated heterocycles. The molecular formula is C23H37N7. The molecule has 0 saturated carbocycles. The summed E-state index contributed by atoms with van der Waals surface area (Å²) in [6, 6.07) is 4.31. The van der Waals surface area contributed by atoms with Gasteiger partial charge in [0, 0.05) is 65.3 Å². The number of hydrogen-bond donors (Lipinski definition) is 1. The zero-order valence-electron chi connectivity index (χ0n) is 19.4. The van der Waals surface area contributed by atoms with E-state index in [1.54, 1.807) is 0 Å². The maximum Gasteiger partial charge on any atom is 0.193 e. The summed E-state index contributed by atoms with van der Waals surface area (Å²) in [4.78, 5) is 13.7. The van der Waals surface area contributed by atoms with E-state index in [1.807, 2.05) is 25.0 Å². The van der Waals surface area contributed by atoms with Crippen molar-refractivity contribution in [3.8, 4) is 0 Å². The Hall–Kier alpha value is -2.57. The van der Waals surface area contributed by atoms with Crippen LogP contribution in [0.4, 0.5) is 5.82 Å². The molecule has 164 valence electrons. The third-order valence-electron chi connectivity index (χ3n) is 5.83. The van der Waals surface area contributed by atoms with Crippen LogP contribution in [0.25, 0.3) is 0 Å². The minimum atomic E-state index is 0.400. The first kappa shape index (κ1) is 22.1. The number of pyridine rings is 1. The lowest BCUT2D eigenvalue weighted by Crippen LogP contribution is -2.38. The quantitative estimate of drug-likeness (QED) is 0.583. The number of aryl methyl sites for hydroxylation is 1. The number of aromatic nitrogens is 3. The van der Waals surface area contributed by atoms with Crippen molar-refractivity contribution in [1.29, 1.82) is 0 Å². The molecule has 0 amide bonds. The molecular weight excluding hydrogens is 374 g/mol. The Morgan fingerprint density at radius 1 is 1.30 bits per heavy atom. The molecule has 0 aliphatic carbocycles. The maximum absolute atomic E-state index is 4.70. The van der Waals surface area contributed by atoms with Gasteiger partial charge in [-0.2, -0.15) is 5.10 Å². The van der Waals surface area contributed by atoms with Gasteiger partial charge in [0.15, 0.2) is 5.96 Å². The Labute approximate surface area is 181 Å². The van der Waals surface area contributed by atoms with E-state index in [0.29, 0.717) is 12.5 Å². The molecule has 2 aromatic heterocycles. The average Bonchev–Trinajstić information content (AvgIpc) is 3.10. The minimum absolute atomic E-state index is 0.400. The predicted molar refractivity (Wildman–Crippen MR) is 124 cm³/mol. The molecule has 7 heteroatoms. The Morgan fingerprint density at radius 2 is 2.03 bits per heavy atom. The van der Waals surface area contributed by atoms with Crippen molar-refractivity contribution >= 4 is 11.8 Å². The lowest BCUT2D eigenvalue weighted by molar-refractivity contribution is 0.436. The fourth-order valence-electron chi connectivity index (χ4n) is 4.01. The summed E-state index contributed by atoms with van der Waals surface area (Å²) >= 11 is 0. The molecule has 7 nitrogen and oxygen atoms in total. The highest BCUT2D eigenvalue weighted by Crippen LogP contribution is 2.21. The monoisotopic (exact) mass is 411 g/mol. The molecule has 0 bridgehead atoms. The van der Waals surface area contributed by atoms with E-state index in [4.69, 9.17) is 4.98 Å². The Kier molecular flexibility index (Phi) is 7.34. The van der Waals surface area contributed by atoms with Gasteiger partial charge in [0.1, 0.15) is 5.82 Å². The molecule has 30 heavy (non-hydrogen) atoms. The van der Waals surface area contributed by atoms with Crippen LogP contribution in [0.2, 0.25) is 0 Å². The van der Waals surface area contributed by atoms with Crippen LogP contribution in [0, 0.1) is 5.92 Å². The van der Waals surface area contributed by atoms with Crippen LogP contribution >= 0.6 is 0 Å². The third kappa shape index (κ3) is 5.52. The molecule has 0 radical (unpaired) electrons. The summed E-state index contributed by atoms with van der Waals surface area (Å²) in [6.07, 6.45) is 6.58. The predicted octanol–water partition coefficient (Wildman–Crippen LogP) is 3.38. The Balaban J connectivity index is 1.56. The number of piperidine rings is 1. The molecule has 0 unspecified atom stereocenters. The molecule has 3 rings (SSSR count). The molecule has 1 aliphatic rings. The van der Waals surface area contributed by atoms with Gasteiger partial charge < -0.3 is 15.1 Å². The first-order valence-electron chi connectivity index (χ1n) is 11.0. The first-order chi connectivity index (χ1) is 14.4. The van der Waals surface area contributed by atoms with Crippen molar-refractivity contribution in [3.05, 3.63) is 41.3 Å². The van der Waals surface area contributed by atoms with Gasteiger partial charge in [-0.25, -0.2) is 4.98 Å². The normalized spacial score (nSPS) is 15.7. The second-order valence-corrected chi connectivity index (χ2v) is 8.82. The van der Waals surface area contributed by atoms with Gasteiger partial charge in [-0.3, -0.25) is 9.67 Å².